The van der Waals surface area contributed by atoms with Crippen molar-refractivity contribution in [2.24, 2.45) is 5.92 Å². The van der Waals surface area contributed by atoms with Gasteiger partial charge >= 0.3 is 5.97 Å². The smallest absolute Gasteiger partial charge is 0.326 e. The highest BCUT2D eigenvalue weighted by molar-refractivity contribution is 8.26. The molecule has 0 saturated carbocycles. The minimum Gasteiger partial charge on any atom is -0.493 e. The number of esters is 1. The number of halogens is 1. The number of rotatable bonds is 9. The summed E-state index contributed by atoms with van der Waals surface area (Å²) < 4.78 is 16.8. The van der Waals surface area contributed by atoms with Gasteiger partial charge in [-0.2, -0.15) is 0 Å². The largest absolute Gasteiger partial charge is 0.493 e. The number of thiocarbonyl (C=S) groups is 1. The third kappa shape index (κ3) is 6.96. The number of amides is 1. The molecule has 0 N–H and O–H groups in total. The molecule has 0 bridgehead atoms. The zero-order valence-electron chi connectivity index (χ0n) is 18.5. The van der Waals surface area contributed by atoms with Gasteiger partial charge in [0.25, 0.3) is 5.91 Å². The highest BCUT2D eigenvalue weighted by Crippen LogP contribution is 2.35. The van der Waals surface area contributed by atoms with Gasteiger partial charge in [0.1, 0.15) is 17.5 Å². The Kier molecular flexibility index (Phi) is 8.77. The van der Waals surface area contributed by atoms with E-state index in [1.54, 1.807) is 37.5 Å². The van der Waals surface area contributed by atoms with E-state index in [0.717, 1.165) is 22.9 Å². The van der Waals surface area contributed by atoms with Crippen LogP contribution in [0.25, 0.3) is 6.08 Å². The van der Waals surface area contributed by atoms with Gasteiger partial charge in [-0.05, 0) is 47.4 Å². The molecule has 33 heavy (non-hydrogen) atoms. The molecule has 1 heterocycles. The lowest BCUT2D eigenvalue weighted by Crippen LogP contribution is -2.34. The van der Waals surface area contributed by atoms with Gasteiger partial charge in [-0.15, -0.1) is 0 Å². The van der Waals surface area contributed by atoms with E-state index in [1.807, 2.05) is 32.0 Å². The Morgan fingerprint density at radius 2 is 1.91 bits per heavy atom. The molecule has 3 rings (SSSR count). The molecule has 1 amide bonds. The summed E-state index contributed by atoms with van der Waals surface area (Å²) >= 11 is 12.4. The number of ether oxygens (including phenoxy) is 3. The molecule has 1 aliphatic rings. The molecule has 6 nitrogen and oxygen atoms in total. The molecule has 0 unspecified atom stereocenters. The zero-order chi connectivity index (χ0) is 24.0. The maximum atomic E-state index is 12.8. The minimum absolute atomic E-state index is 0.199. The van der Waals surface area contributed by atoms with Crippen LogP contribution < -0.4 is 9.47 Å². The standard InChI is InChI=1S/C24H24ClNO5S2/c1-15(2)13-31-22(27)12-26-23(28)21(33-24(26)32)11-17-6-9-19(20(10-17)29-3)30-14-16-4-7-18(25)8-5-16/h4-11,15H,12-14H2,1-3H3/b21-11-. The number of carbonyl (C=O) groups is 2. The van der Waals surface area contributed by atoms with Crippen molar-refractivity contribution < 1.29 is 23.8 Å². The fraction of sp³-hybridized carbons (Fsp3) is 0.292. The molecular weight excluding hydrogens is 482 g/mol. The monoisotopic (exact) mass is 505 g/mol. The highest BCUT2D eigenvalue weighted by atomic mass is 35.5. The molecule has 9 heteroatoms. The molecule has 1 saturated heterocycles. The van der Waals surface area contributed by atoms with Crippen LogP contribution >= 0.6 is 35.6 Å². The predicted octanol–water partition coefficient (Wildman–Crippen LogP) is 5.33. The second-order valence-corrected chi connectivity index (χ2v) is 9.78. The molecule has 2 aromatic carbocycles. The Labute approximate surface area is 207 Å². The van der Waals surface area contributed by atoms with Gasteiger partial charge in [0.2, 0.25) is 0 Å². The maximum absolute atomic E-state index is 12.8. The lowest BCUT2D eigenvalue weighted by atomic mass is 10.1. The first-order chi connectivity index (χ1) is 15.8. The van der Waals surface area contributed by atoms with E-state index in [9.17, 15) is 9.59 Å². The van der Waals surface area contributed by atoms with Crippen molar-refractivity contribution in [1.29, 1.82) is 0 Å². The van der Waals surface area contributed by atoms with E-state index in [0.29, 0.717) is 39.0 Å². The van der Waals surface area contributed by atoms with E-state index in [-0.39, 0.29) is 18.4 Å². The van der Waals surface area contributed by atoms with Gasteiger partial charge in [-0.1, -0.05) is 67.6 Å². The van der Waals surface area contributed by atoms with Crippen LogP contribution in [0.4, 0.5) is 0 Å². The van der Waals surface area contributed by atoms with Crippen molar-refractivity contribution in [3.63, 3.8) is 0 Å². The molecule has 2 aromatic rings. The van der Waals surface area contributed by atoms with Gasteiger partial charge in [0, 0.05) is 5.02 Å². The zero-order valence-corrected chi connectivity index (χ0v) is 20.9. The van der Waals surface area contributed by atoms with Crippen LogP contribution in [0.3, 0.4) is 0 Å². The number of benzene rings is 2. The van der Waals surface area contributed by atoms with Crippen LogP contribution in [0, 0.1) is 5.92 Å². The first kappa shape index (κ1) is 25.1. The van der Waals surface area contributed by atoms with Gasteiger partial charge in [-0.3, -0.25) is 14.5 Å². The molecule has 1 aliphatic heterocycles. The molecule has 0 spiro atoms. The summed E-state index contributed by atoms with van der Waals surface area (Å²) in [5.74, 6) is 0.516. The minimum atomic E-state index is -0.481. The van der Waals surface area contributed by atoms with Crippen molar-refractivity contribution in [1.82, 2.24) is 4.90 Å². The summed E-state index contributed by atoms with van der Waals surface area (Å²) in [7, 11) is 1.55. The van der Waals surface area contributed by atoms with Crippen molar-refractivity contribution >= 4 is 57.9 Å². The van der Waals surface area contributed by atoms with Crippen LogP contribution in [0.15, 0.2) is 47.4 Å². The van der Waals surface area contributed by atoms with Crippen molar-refractivity contribution in [2.75, 3.05) is 20.3 Å². The number of thioether (sulfide) groups is 1. The number of carbonyl (C=O) groups excluding carboxylic acids is 2. The molecular formula is C24H24ClNO5S2. The number of hydrogen-bond donors (Lipinski definition) is 0. The Morgan fingerprint density at radius 3 is 2.58 bits per heavy atom. The lowest BCUT2D eigenvalue weighted by Gasteiger charge is -2.14. The van der Waals surface area contributed by atoms with Crippen molar-refractivity contribution in [3.05, 3.63) is 63.5 Å². The van der Waals surface area contributed by atoms with E-state index < -0.39 is 5.97 Å². The van der Waals surface area contributed by atoms with Crippen molar-refractivity contribution in [2.45, 2.75) is 20.5 Å². The Bertz CT molecular complexity index is 1070. The van der Waals surface area contributed by atoms with Gasteiger partial charge < -0.3 is 14.2 Å². The SMILES string of the molecule is COc1cc(/C=C2\SC(=S)N(CC(=O)OCC(C)C)C2=O)ccc1OCc1ccc(Cl)cc1. The Morgan fingerprint density at radius 1 is 1.18 bits per heavy atom. The quantitative estimate of drug-likeness (QED) is 0.259. The Hall–Kier alpha value is -2.55. The molecule has 1 fully saturated rings. The van der Waals surface area contributed by atoms with E-state index in [4.69, 9.17) is 38.0 Å². The molecule has 0 radical (unpaired) electrons. The van der Waals surface area contributed by atoms with Crippen molar-refractivity contribution in [3.8, 4) is 11.5 Å². The highest BCUT2D eigenvalue weighted by Gasteiger charge is 2.33. The van der Waals surface area contributed by atoms with E-state index in [2.05, 4.69) is 0 Å². The topological polar surface area (TPSA) is 65.1 Å². The Balaban J connectivity index is 1.68. The molecule has 0 atom stereocenters. The number of hydrogen-bond acceptors (Lipinski definition) is 7. The van der Waals surface area contributed by atoms with Crippen LogP contribution in [-0.4, -0.2) is 41.4 Å². The summed E-state index contributed by atoms with van der Waals surface area (Å²) in [6, 6.07) is 12.8. The summed E-state index contributed by atoms with van der Waals surface area (Å²) in [6.45, 7) is 4.35. The van der Waals surface area contributed by atoms with Crippen LogP contribution in [0.1, 0.15) is 25.0 Å². The second kappa shape index (κ2) is 11.5. The second-order valence-electron chi connectivity index (χ2n) is 7.67. The first-order valence-electron chi connectivity index (χ1n) is 10.2. The summed E-state index contributed by atoms with van der Waals surface area (Å²) in [5.41, 5.74) is 1.72. The van der Waals surface area contributed by atoms with E-state index >= 15 is 0 Å². The molecule has 0 aromatic heterocycles. The number of nitrogens with zero attached hydrogens (tertiary/aromatic N) is 1. The average Bonchev–Trinajstić information content (AvgIpc) is 3.05. The molecule has 174 valence electrons. The van der Waals surface area contributed by atoms with Gasteiger partial charge in [0.15, 0.2) is 11.5 Å². The average molecular weight is 506 g/mol. The van der Waals surface area contributed by atoms with Crippen LogP contribution in [0.2, 0.25) is 5.02 Å². The lowest BCUT2D eigenvalue weighted by molar-refractivity contribution is -0.147. The maximum Gasteiger partial charge on any atom is 0.326 e. The van der Waals surface area contributed by atoms with E-state index in [1.165, 1.54) is 4.90 Å². The van der Waals surface area contributed by atoms with Gasteiger partial charge in [0.05, 0.1) is 18.6 Å². The third-order valence-corrected chi connectivity index (χ3v) is 6.16. The van der Waals surface area contributed by atoms with Gasteiger partial charge in [-0.25, -0.2) is 0 Å². The fourth-order valence-electron chi connectivity index (χ4n) is 2.86. The van der Waals surface area contributed by atoms with Crippen LogP contribution in [0.5, 0.6) is 11.5 Å². The van der Waals surface area contributed by atoms with Crippen LogP contribution in [-0.2, 0) is 20.9 Å². The fourth-order valence-corrected chi connectivity index (χ4v) is 4.24. The molecule has 0 aliphatic carbocycles. The summed E-state index contributed by atoms with van der Waals surface area (Å²) in [4.78, 5) is 26.5. The summed E-state index contributed by atoms with van der Waals surface area (Å²) in [5, 5.41) is 0.665. The summed E-state index contributed by atoms with van der Waals surface area (Å²) in [6.07, 6.45) is 1.71. The number of methoxy groups -OCH3 is 1. The third-order valence-electron chi connectivity index (χ3n) is 4.53. The first-order valence-corrected chi connectivity index (χ1v) is 11.8. The predicted molar refractivity (Wildman–Crippen MR) is 134 cm³/mol. The normalized spacial score (nSPS) is 14.8.